The maximum atomic E-state index is 12.6. The Morgan fingerprint density at radius 2 is 2.00 bits per heavy atom. The van der Waals surface area contributed by atoms with Crippen molar-refractivity contribution in [1.82, 2.24) is 0 Å². The Morgan fingerprint density at radius 3 is 2.63 bits per heavy atom. The zero-order valence-corrected chi connectivity index (χ0v) is 11.1. The van der Waals surface area contributed by atoms with Crippen molar-refractivity contribution in [2.75, 3.05) is 0 Å². The minimum atomic E-state index is 0.0288. The third-order valence-corrected chi connectivity index (χ3v) is 4.22. The number of aryl methyl sites for hydroxylation is 1. The zero-order valence-electron chi connectivity index (χ0n) is 11.1. The first-order valence-electron chi connectivity index (χ1n) is 6.88. The minimum absolute atomic E-state index is 0.0288. The average molecular weight is 255 g/mol. The van der Waals surface area contributed by atoms with Crippen LogP contribution in [0.3, 0.4) is 0 Å². The molecule has 2 heterocycles. The molecule has 98 valence electrons. The molecule has 0 aromatic heterocycles. The van der Waals surface area contributed by atoms with E-state index in [1.165, 1.54) is 0 Å². The molecule has 1 aromatic carbocycles. The van der Waals surface area contributed by atoms with Crippen LogP contribution in [0.4, 0.5) is 0 Å². The molecule has 2 atom stereocenters. The van der Waals surface area contributed by atoms with E-state index in [1.807, 2.05) is 13.0 Å². The number of Topliss-reactive ketones (excluding diaryl/α,β-unsaturated/α-hetero) is 1. The minimum Gasteiger partial charge on any atom is -0.375 e. The number of nitrogens with zero attached hydrogens (tertiary/aromatic N) is 1. The van der Waals surface area contributed by atoms with E-state index >= 15 is 0 Å². The number of nitriles is 1. The Labute approximate surface area is 113 Å². The number of ketones is 1. The van der Waals surface area contributed by atoms with Gasteiger partial charge in [0.25, 0.3) is 0 Å². The highest BCUT2D eigenvalue weighted by Crippen LogP contribution is 2.37. The molecule has 2 aliphatic rings. The molecule has 0 amide bonds. The van der Waals surface area contributed by atoms with Crippen molar-refractivity contribution in [3.63, 3.8) is 0 Å². The third kappa shape index (κ3) is 2.29. The zero-order chi connectivity index (χ0) is 13.4. The van der Waals surface area contributed by atoms with Gasteiger partial charge in [-0.05, 0) is 50.3 Å². The van der Waals surface area contributed by atoms with E-state index < -0.39 is 0 Å². The van der Waals surface area contributed by atoms with E-state index in [1.54, 1.807) is 12.1 Å². The molecule has 0 saturated carbocycles. The molecular formula is C16H17NO2. The quantitative estimate of drug-likeness (QED) is 0.763. The van der Waals surface area contributed by atoms with Gasteiger partial charge in [0.15, 0.2) is 5.78 Å². The van der Waals surface area contributed by atoms with Crippen LogP contribution in [0.5, 0.6) is 0 Å². The SMILES string of the molecule is Cc1ccc(C(=O)C2CC3CCC(C2)O3)c(C#N)c1. The van der Waals surface area contributed by atoms with Gasteiger partial charge in [-0.3, -0.25) is 4.79 Å². The Hall–Kier alpha value is -1.66. The number of benzene rings is 1. The van der Waals surface area contributed by atoms with Gasteiger partial charge >= 0.3 is 0 Å². The molecule has 1 aromatic rings. The van der Waals surface area contributed by atoms with E-state index in [0.29, 0.717) is 11.1 Å². The summed E-state index contributed by atoms with van der Waals surface area (Å²) >= 11 is 0. The van der Waals surface area contributed by atoms with Gasteiger partial charge in [-0.1, -0.05) is 6.07 Å². The van der Waals surface area contributed by atoms with Crippen LogP contribution in [0, 0.1) is 24.2 Å². The van der Waals surface area contributed by atoms with Crippen LogP contribution in [0.1, 0.15) is 47.2 Å². The smallest absolute Gasteiger partial charge is 0.167 e. The summed E-state index contributed by atoms with van der Waals surface area (Å²) in [7, 11) is 0. The summed E-state index contributed by atoms with van der Waals surface area (Å²) in [6, 6.07) is 7.64. The lowest BCUT2D eigenvalue weighted by Gasteiger charge is -2.27. The summed E-state index contributed by atoms with van der Waals surface area (Å²) in [6.45, 7) is 1.93. The number of carbonyl (C=O) groups excluding carboxylic acids is 1. The van der Waals surface area contributed by atoms with Crippen molar-refractivity contribution < 1.29 is 9.53 Å². The van der Waals surface area contributed by atoms with Gasteiger partial charge in [0.1, 0.15) is 0 Å². The van der Waals surface area contributed by atoms with Gasteiger partial charge < -0.3 is 4.74 Å². The maximum absolute atomic E-state index is 12.6. The highest BCUT2D eigenvalue weighted by Gasteiger charge is 2.38. The van der Waals surface area contributed by atoms with E-state index in [2.05, 4.69) is 6.07 Å². The van der Waals surface area contributed by atoms with Gasteiger partial charge in [-0.15, -0.1) is 0 Å². The van der Waals surface area contributed by atoms with Gasteiger partial charge in [0.05, 0.1) is 23.8 Å². The van der Waals surface area contributed by atoms with Gasteiger partial charge in [-0.2, -0.15) is 5.26 Å². The van der Waals surface area contributed by atoms with Crippen LogP contribution in [-0.2, 0) is 4.74 Å². The van der Waals surface area contributed by atoms with Crippen molar-refractivity contribution in [3.05, 3.63) is 34.9 Å². The lowest BCUT2D eigenvalue weighted by molar-refractivity contribution is -0.0149. The summed E-state index contributed by atoms with van der Waals surface area (Å²) in [5, 5.41) is 9.18. The molecule has 2 fully saturated rings. The lowest BCUT2D eigenvalue weighted by atomic mass is 9.86. The fourth-order valence-electron chi connectivity index (χ4n) is 3.26. The molecule has 2 unspecified atom stereocenters. The van der Waals surface area contributed by atoms with Gasteiger partial charge in [0.2, 0.25) is 0 Å². The number of carbonyl (C=O) groups is 1. The summed E-state index contributed by atoms with van der Waals surface area (Å²) < 4.78 is 5.77. The van der Waals surface area contributed by atoms with Crippen LogP contribution in [0.2, 0.25) is 0 Å². The molecule has 2 bridgehead atoms. The molecule has 0 N–H and O–H groups in total. The molecule has 0 radical (unpaired) electrons. The van der Waals surface area contributed by atoms with Crippen LogP contribution in [-0.4, -0.2) is 18.0 Å². The van der Waals surface area contributed by atoms with E-state index in [4.69, 9.17) is 4.74 Å². The number of fused-ring (bicyclic) bond motifs is 2. The van der Waals surface area contributed by atoms with Crippen molar-refractivity contribution in [1.29, 1.82) is 5.26 Å². The second kappa shape index (κ2) is 4.79. The van der Waals surface area contributed by atoms with Gasteiger partial charge in [-0.25, -0.2) is 0 Å². The van der Waals surface area contributed by atoms with E-state index in [-0.39, 0.29) is 23.9 Å². The molecule has 3 nitrogen and oxygen atoms in total. The molecule has 0 spiro atoms. The summed E-state index contributed by atoms with van der Waals surface area (Å²) in [4.78, 5) is 12.6. The fourth-order valence-corrected chi connectivity index (χ4v) is 3.26. The molecule has 3 rings (SSSR count). The molecule has 2 aliphatic heterocycles. The predicted molar refractivity (Wildman–Crippen MR) is 70.8 cm³/mol. The second-order valence-electron chi connectivity index (χ2n) is 5.65. The highest BCUT2D eigenvalue weighted by atomic mass is 16.5. The largest absolute Gasteiger partial charge is 0.375 e. The van der Waals surface area contributed by atoms with Crippen LogP contribution >= 0.6 is 0 Å². The molecule has 19 heavy (non-hydrogen) atoms. The van der Waals surface area contributed by atoms with Crippen LogP contribution in [0.25, 0.3) is 0 Å². The molecule has 3 heteroatoms. The summed E-state index contributed by atoms with van der Waals surface area (Å²) in [5.41, 5.74) is 2.10. The summed E-state index contributed by atoms with van der Waals surface area (Å²) in [5.74, 6) is 0.151. The van der Waals surface area contributed by atoms with Crippen LogP contribution < -0.4 is 0 Å². The molecular weight excluding hydrogens is 238 g/mol. The van der Waals surface area contributed by atoms with Crippen molar-refractivity contribution in [2.45, 2.75) is 44.8 Å². The van der Waals surface area contributed by atoms with Crippen molar-refractivity contribution in [3.8, 4) is 6.07 Å². The van der Waals surface area contributed by atoms with Crippen molar-refractivity contribution in [2.24, 2.45) is 5.92 Å². The third-order valence-electron chi connectivity index (χ3n) is 4.22. The lowest BCUT2D eigenvalue weighted by Crippen LogP contribution is -2.30. The number of rotatable bonds is 2. The Morgan fingerprint density at radius 1 is 1.32 bits per heavy atom. The highest BCUT2D eigenvalue weighted by molar-refractivity contribution is 6.00. The second-order valence-corrected chi connectivity index (χ2v) is 5.65. The molecule has 2 saturated heterocycles. The van der Waals surface area contributed by atoms with Crippen LogP contribution in [0.15, 0.2) is 18.2 Å². The normalized spacial score (nSPS) is 28.9. The maximum Gasteiger partial charge on any atom is 0.167 e. The van der Waals surface area contributed by atoms with Gasteiger partial charge in [0, 0.05) is 11.5 Å². The topological polar surface area (TPSA) is 50.1 Å². The first-order valence-corrected chi connectivity index (χ1v) is 6.88. The van der Waals surface area contributed by atoms with E-state index in [0.717, 1.165) is 31.2 Å². The fraction of sp³-hybridized carbons (Fsp3) is 0.500. The Bertz CT molecular complexity index is 546. The monoisotopic (exact) mass is 255 g/mol. The Balaban J connectivity index is 1.86. The summed E-state index contributed by atoms with van der Waals surface area (Å²) in [6.07, 6.45) is 4.29. The average Bonchev–Trinajstić information content (AvgIpc) is 2.76. The molecule has 0 aliphatic carbocycles. The Kier molecular flexibility index (Phi) is 3.12. The van der Waals surface area contributed by atoms with E-state index in [9.17, 15) is 10.1 Å². The number of hydrogen-bond acceptors (Lipinski definition) is 3. The predicted octanol–water partition coefficient (Wildman–Crippen LogP) is 3.01. The first kappa shape index (κ1) is 12.4. The standard InChI is InChI=1S/C16H17NO2/c1-10-2-5-15(12(6-10)9-17)16(18)11-7-13-3-4-14(8-11)19-13/h2,5-6,11,13-14H,3-4,7-8H2,1H3. The number of hydrogen-bond donors (Lipinski definition) is 0. The first-order chi connectivity index (χ1) is 9.17. The van der Waals surface area contributed by atoms with Crippen molar-refractivity contribution >= 4 is 5.78 Å². The number of ether oxygens (including phenoxy) is 1.